The second-order valence-electron chi connectivity index (χ2n) is 6.29. The van der Waals surface area contributed by atoms with Crippen molar-refractivity contribution in [1.29, 1.82) is 0 Å². The molecule has 0 aliphatic carbocycles. The van der Waals surface area contributed by atoms with Crippen LogP contribution in [-0.2, 0) is 16.1 Å². The smallest absolute Gasteiger partial charge is 0.225 e. The van der Waals surface area contributed by atoms with Crippen molar-refractivity contribution in [2.75, 3.05) is 13.1 Å². The molecule has 7 heteroatoms. The summed E-state index contributed by atoms with van der Waals surface area (Å²) in [6.45, 7) is 7.45. The predicted molar refractivity (Wildman–Crippen MR) is 79.8 cm³/mol. The maximum Gasteiger partial charge on any atom is 0.225 e. The summed E-state index contributed by atoms with van der Waals surface area (Å²) in [4.78, 5) is 25.8. The van der Waals surface area contributed by atoms with Crippen LogP contribution in [0.15, 0.2) is 12.4 Å². The van der Waals surface area contributed by atoms with Gasteiger partial charge in [-0.2, -0.15) is 5.10 Å². The molecule has 0 bridgehead atoms. The summed E-state index contributed by atoms with van der Waals surface area (Å²) in [5, 5.41) is 7.46. The molecule has 0 unspecified atom stereocenters. The Bertz CT molecular complexity index is 535. The molecule has 1 aromatic heterocycles. The van der Waals surface area contributed by atoms with Crippen molar-refractivity contribution in [3.63, 3.8) is 0 Å². The van der Waals surface area contributed by atoms with Gasteiger partial charge in [-0.3, -0.25) is 14.3 Å². The highest BCUT2D eigenvalue weighted by molar-refractivity contribution is 6.30. The van der Waals surface area contributed by atoms with E-state index in [4.69, 9.17) is 11.6 Å². The maximum atomic E-state index is 12.1. The van der Waals surface area contributed by atoms with Gasteiger partial charge in [0, 0.05) is 31.2 Å². The van der Waals surface area contributed by atoms with Gasteiger partial charge in [0.05, 0.1) is 23.7 Å². The number of nitrogens with one attached hydrogen (secondary N) is 1. The molecule has 2 amide bonds. The Morgan fingerprint density at radius 1 is 1.52 bits per heavy atom. The Labute approximate surface area is 129 Å². The van der Waals surface area contributed by atoms with Gasteiger partial charge in [0.1, 0.15) is 0 Å². The fourth-order valence-electron chi connectivity index (χ4n) is 2.43. The van der Waals surface area contributed by atoms with E-state index in [9.17, 15) is 9.59 Å². The largest absolute Gasteiger partial charge is 0.354 e. The molecule has 0 spiro atoms. The van der Waals surface area contributed by atoms with Crippen LogP contribution in [0.4, 0.5) is 0 Å². The zero-order valence-electron chi connectivity index (χ0n) is 12.6. The Morgan fingerprint density at radius 3 is 2.76 bits per heavy atom. The summed E-state index contributed by atoms with van der Waals surface area (Å²) in [6.07, 6.45) is 3.55. The normalized spacial score (nSPS) is 19.1. The number of nitrogens with zero attached hydrogens (tertiary/aromatic N) is 3. The number of carbonyl (C=O) groups excluding carboxylic acids is 2. The van der Waals surface area contributed by atoms with Gasteiger partial charge in [-0.1, -0.05) is 11.6 Å². The van der Waals surface area contributed by atoms with E-state index in [1.54, 1.807) is 22.0 Å². The van der Waals surface area contributed by atoms with Crippen molar-refractivity contribution < 1.29 is 9.59 Å². The number of rotatable bonds is 4. The Morgan fingerprint density at radius 2 is 2.24 bits per heavy atom. The first-order valence-corrected chi connectivity index (χ1v) is 7.41. The van der Waals surface area contributed by atoms with Crippen LogP contribution in [0.25, 0.3) is 0 Å². The van der Waals surface area contributed by atoms with Crippen LogP contribution < -0.4 is 5.32 Å². The van der Waals surface area contributed by atoms with Crippen LogP contribution in [0, 0.1) is 5.92 Å². The summed E-state index contributed by atoms with van der Waals surface area (Å²) in [5.74, 6) is -0.298. The van der Waals surface area contributed by atoms with Gasteiger partial charge < -0.3 is 10.2 Å². The van der Waals surface area contributed by atoms with Crippen LogP contribution in [0.5, 0.6) is 0 Å². The average Bonchev–Trinajstić information content (AvgIpc) is 2.95. The Hall–Kier alpha value is -1.56. The average molecular weight is 313 g/mol. The summed E-state index contributed by atoms with van der Waals surface area (Å²) in [6, 6.07) is 0. The fraction of sp³-hybridized carbons (Fsp3) is 0.643. The molecule has 1 N–H and O–H groups in total. The summed E-state index contributed by atoms with van der Waals surface area (Å²) < 4.78 is 1.67. The molecule has 21 heavy (non-hydrogen) atoms. The molecular formula is C14H21ClN4O2. The van der Waals surface area contributed by atoms with E-state index in [1.807, 2.05) is 20.8 Å². The van der Waals surface area contributed by atoms with E-state index in [1.165, 1.54) is 0 Å². The van der Waals surface area contributed by atoms with Gasteiger partial charge in [0.25, 0.3) is 0 Å². The number of likely N-dealkylation sites (tertiary alicyclic amines) is 1. The molecule has 2 heterocycles. The summed E-state index contributed by atoms with van der Waals surface area (Å²) >= 11 is 5.77. The maximum absolute atomic E-state index is 12.1. The van der Waals surface area contributed by atoms with Crippen LogP contribution in [-0.4, -0.2) is 45.1 Å². The van der Waals surface area contributed by atoms with Crippen LogP contribution in [0.2, 0.25) is 5.02 Å². The first kappa shape index (κ1) is 15.8. The molecule has 1 aliphatic rings. The van der Waals surface area contributed by atoms with Crippen molar-refractivity contribution in [2.45, 2.75) is 39.3 Å². The number of aromatic nitrogens is 2. The lowest BCUT2D eigenvalue weighted by molar-refractivity contribution is -0.132. The predicted octanol–water partition coefficient (Wildman–Crippen LogP) is 1.30. The third kappa shape index (κ3) is 3.97. The summed E-state index contributed by atoms with van der Waals surface area (Å²) in [7, 11) is 0. The highest BCUT2D eigenvalue weighted by Gasteiger charge is 2.39. The topological polar surface area (TPSA) is 67.2 Å². The molecule has 0 saturated carbocycles. The second-order valence-corrected chi connectivity index (χ2v) is 6.73. The van der Waals surface area contributed by atoms with Crippen molar-refractivity contribution in [3.05, 3.63) is 17.4 Å². The van der Waals surface area contributed by atoms with Crippen LogP contribution >= 0.6 is 11.6 Å². The molecule has 1 aromatic rings. The molecule has 1 fully saturated rings. The summed E-state index contributed by atoms with van der Waals surface area (Å²) in [5.41, 5.74) is -0.238. The molecule has 0 radical (unpaired) electrons. The quantitative estimate of drug-likeness (QED) is 0.911. The lowest BCUT2D eigenvalue weighted by Crippen LogP contribution is -2.43. The van der Waals surface area contributed by atoms with Crippen LogP contribution in [0.3, 0.4) is 0 Å². The molecule has 116 valence electrons. The highest BCUT2D eigenvalue weighted by Crippen LogP contribution is 2.25. The molecular weight excluding hydrogens is 292 g/mol. The molecule has 2 rings (SSSR count). The zero-order chi connectivity index (χ0) is 15.6. The van der Waals surface area contributed by atoms with Gasteiger partial charge in [0.15, 0.2) is 0 Å². The van der Waals surface area contributed by atoms with Gasteiger partial charge in [0.2, 0.25) is 11.8 Å². The first-order chi connectivity index (χ1) is 9.77. The van der Waals surface area contributed by atoms with E-state index in [0.717, 1.165) is 0 Å². The van der Waals surface area contributed by atoms with Gasteiger partial charge in [-0.15, -0.1) is 0 Å². The highest BCUT2D eigenvalue weighted by atomic mass is 35.5. The standard InChI is InChI=1S/C14H21ClN4O2/c1-14(2,3)19-8-10(6-12(19)20)13(21)16-4-5-18-9-11(15)7-17-18/h7,9-10H,4-6,8H2,1-3H3,(H,16,21)/t10-/m0/s1. The minimum atomic E-state index is -0.266. The second kappa shape index (κ2) is 6.05. The molecule has 6 nitrogen and oxygen atoms in total. The van der Waals surface area contributed by atoms with Crippen molar-refractivity contribution >= 4 is 23.4 Å². The third-order valence-corrected chi connectivity index (χ3v) is 3.74. The Balaban J connectivity index is 1.80. The number of halogens is 1. The van der Waals surface area contributed by atoms with Crippen LogP contribution in [0.1, 0.15) is 27.2 Å². The number of hydrogen-bond donors (Lipinski definition) is 1. The van der Waals surface area contributed by atoms with Crippen molar-refractivity contribution in [1.82, 2.24) is 20.0 Å². The van der Waals surface area contributed by atoms with Gasteiger partial charge in [-0.05, 0) is 20.8 Å². The van der Waals surface area contributed by atoms with E-state index >= 15 is 0 Å². The monoisotopic (exact) mass is 312 g/mol. The van der Waals surface area contributed by atoms with Gasteiger partial charge >= 0.3 is 0 Å². The minimum absolute atomic E-state index is 0.0431. The zero-order valence-corrected chi connectivity index (χ0v) is 13.4. The molecule has 1 atom stereocenters. The number of hydrogen-bond acceptors (Lipinski definition) is 3. The molecule has 1 saturated heterocycles. The third-order valence-electron chi connectivity index (χ3n) is 3.55. The number of carbonyl (C=O) groups is 2. The first-order valence-electron chi connectivity index (χ1n) is 7.03. The molecule has 0 aromatic carbocycles. The van der Waals surface area contributed by atoms with Gasteiger partial charge in [-0.25, -0.2) is 0 Å². The molecule has 1 aliphatic heterocycles. The van der Waals surface area contributed by atoms with E-state index < -0.39 is 0 Å². The van der Waals surface area contributed by atoms with Crippen molar-refractivity contribution in [3.8, 4) is 0 Å². The fourth-order valence-corrected chi connectivity index (χ4v) is 2.59. The SMILES string of the molecule is CC(C)(C)N1C[C@@H](C(=O)NCCn2cc(Cl)cn2)CC1=O. The lowest BCUT2D eigenvalue weighted by atomic mass is 10.1. The number of amides is 2. The Kier molecular flexibility index (Phi) is 4.56. The van der Waals surface area contributed by atoms with E-state index in [-0.39, 0.29) is 29.7 Å². The van der Waals surface area contributed by atoms with E-state index in [0.29, 0.717) is 24.7 Å². The van der Waals surface area contributed by atoms with E-state index in [2.05, 4.69) is 10.4 Å². The lowest BCUT2D eigenvalue weighted by Gasteiger charge is -2.31. The van der Waals surface area contributed by atoms with Crippen molar-refractivity contribution in [2.24, 2.45) is 5.92 Å². The minimum Gasteiger partial charge on any atom is -0.354 e.